The summed E-state index contributed by atoms with van der Waals surface area (Å²) in [7, 11) is 1.33. The number of allylic oxidation sites excluding steroid dienone is 1. The zero-order valence-electron chi connectivity index (χ0n) is 13.1. The van der Waals surface area contributed by atoms with Crippen molar-refractivity contribution in [3.05, 3.63) is 46.5 Å². The van der Waals surface area contributed by atoms with Gasteiger partial charge in [0.15, 0.2) is 0 Å². The molecule has 1 atom stereocenters. The molecule has 1 aliphatic rings. The maximum absolute atomic E-state index is 11.9. The second-order valence-corrected chi connectivity index (χ2v) is 6.62. The van der Waals surface area contributed by atoms with Gasteiger partial charge < -0.3 is 9.84 Å². The van der Waals surface area contributed by atoms with Crippen LogP contribution < -0.4 is 0 Å². The number of rotatable bonds is 5. The lowest BCUT2D eigenvalue weighted by molar-refractivity contribution is -0.133. The van der Waals surface area contributed by atoms with E-state index in [9.17, 15) is 4.79 Å². The topological polar surface area (TPSA) is 46.5 Å². The molecule has 0 aliphatic heterocycles. The third-order valence-electron chi connectivity index (χ3n) is 4.10. The van der Waals surface area contributed by atoms with E-state index < -0.39 is 5.97 Å². The Balaban J connectivity index is 2.39. The lowest BCUT2D eigenvalue weighted by Gasteiger charge is -2.10. The Morgan fingerprint density at radius 2 is 2.18 bits per heavy atom. The number of aliphatic hydroxyl groups excluding tert-OH is 1. The highest BCUT2D eigenvalue weighted by atomic mass is 35.5. The van der Waals surface area contributed by atoms with Crippen molar-refractivity contribution in [2.45, 2.75) is 20.3 Å². The number of carbonyl (C=O) groups excluding carboxylic acids is 1. The standard InChI is InChI=1S/C18H21ClO3/c1-18(2)11-13(18)5-4-12-10-14(19)6-7-15(12)16(8-9-20)17(21)22-3/h4-8,10,13,20H,9,11H2,1-3H3/b5-4+,16-8+. The van der Waals surface area contributed by atoms with Gasteiger partial charge in [0.25, 0.3) is 0 Å². The quantitative estimate of drug-likeness (QED) is 0.660. The monoisotopic (exact) mass is 320 g/mol. The number of esters is 1. The molecule has 1 unspecified atom stereocenters. The summed E-state index contributed by atoms with van der Waals surface area (Å²) in [6.45, 7) is 4.23. The molecule has 1 N–H and O–H groups in total. The minimum atomic E-state index is -0.474. The summed E-state index contributed by atoms with van der Waals surface area (Å²) in [4.78, 5) is 11.9. The maximum atomic E-state index is 11.9. The fourth-order valence-corrected chi connectivity index (χ4v) is 2.66. The first-order chi connectivity index (χ1) is 10.4. The van der Waals surface area contributed by atoms with E-state index in [1.165, 1.54) is 13.2 Å². The molecule has 4 heteroatoms. The van der Waals surface area contributed by atoms with Gasteiger partial charge in [-0.15, -0.1) is 0 Å². The molecule has 0 aromatic heterocycles. The molecule has 22 heavy (non-hydrogen) atoms. The van der Waals surface area contributed by atoms with Crippen molar-refractivity contribution in [1.29, 1.82) is 0 Å². The summed E-state index contributed by atoms with van der Waals surface area (Å²) in [5.41, 5.74) is 2.25. The van der Waals surface area contributed by atoms with Gasteiger partial charge in [0, 0.05) is 5.02 Å². The van der Waals surface area contributed by atoms with Crippen molar-refractivity contribution in [3.8, 4) is 0 Å². The van der Waals surface area contributed by atoms with Gasteiger partial charge >= 0.3 is 5.97 Å². The van der Waals surface area contributed by atoms with Crippen LogP contribution in [0.5, 0.6) is 0 Å². The largest absolute Gasteiger partial charge is 0.465 e. The molecule has 1 saturated carbocycles. The summed E-state index contributed by atoms with van der Waals surface area (Å²) < 4.78 is 4.80. The molecule has 1 aromatic rings. The lowest BCUT2D eigenvalue weighted by atomic mass is 9.98. The Labute approximate surface area is 136 Å². The van der Waals surface area contributed by atoms with Gasteiger partial charge in [-0.2, -0.15) is 0 Å². The van der Waals surface area contributed by atoms with Gasteiger partial charge in [-0.1, -0.05) is 43.7 Å². The first-order valence-electron chi connectivity index (χ1n) is 7.26. The molecular weight excluding hydrogens is 300 g/mol. The number of methoxy groups -OCH3 is 1. The fraction of sp³-hybridized carbons (Fsp3) is 0.389. The van der Waals surface area contributed by atoms with Crippen molar-refractivity contribution >= 4 is 29.2 Å². The molecule has 0 heterocycles. The lowest BCUT2D eigenvalue weighted by Crippen LogP contribution is -2.06. The number of ether oxygens (including phenoxy) is 1. The minimum absolute atomic E-state index is 0.230. The molecule has 1 aromatic carbocycles. The van der Waals surface area contributed by atoms with Gasteiger partial charge in [-0.3, -0.25) is 0 Å². The fourth-order valence-electron chi connectivity index (χ4n) is 2.48. The zero-order chi connectivity index (χ0) is 16.3. The van der Waals surface area contributed by atoms with Crippen LogP contribution in [-0.2, 0) is 9.53 Å². The third kappa shape index (κ3) is 3.79. The summed E-state index contributed by atoms with van der Waals surface area (Å²) in [5, 5.41) is 9.76. The van der Waals surface area contributed by atoms with E-state index in [-0.39, 0.29) is 6.61 Å². The van der Waals surface area contributed by atoms with E-state index in [1.807, 2.05) is 12.1 Å². The second kappa shape index (κ2) is 6.67. The summed E-state index contributed by atoms with van der Waals surface area (Å²) >= 11 is 6.08. The molecule has 0 saturated heterocycles. The summed E-state index contributed by atoms with van der Waals surface area (Å²) in [6.07, 6.45) is 6.76. The summed E-state index contributed by atoms with van der Waals surface area (Å²) in [6, 6.07) is 5.32. The van der Waals surface area contributed by atoms with E-state index in [4.69, 9.17) is 21.4 Å². The van der Waals surface area contributed by atoms with Crippen molar-refractivity contribution in [1.82, 2.24) is 0 Å². The van der Waals surface area contributed by atoms with Crippen LogP contribution in [0.4, 0.5) is 0 Å². The van der Waals surface area contributed by atoms with E-state index >= 15 is 0 Å². The van der Waals surface area contributed by atoms with Crippen molar-refractivity contribution in [2.24, 2.45) is 11.3 Å². The Bertz CT molecular complexity index is 629. The molecule has 0 radical (unpaired) electrons. The van der Waals surface area contributed by atoms with Gasteiger partial charge in [-0.25, -0.2) is 4.79 Å². The predicted octanol–water partition coefficient (Wildman–Crippen LogP) is 3.95. The average Bonchev–Trinajstić information content (AvgIpc) is 3.09. The smallest absolute Gasteiger partial charge is 0.338 e. The number of hydrogen-bond acceptors (Lipinski definition) is 3. The third-order valence-corrected chi connectivity index (χ3v) is 4.34. The van der Waals surface area contributed by atoms with Crippen LogP contribution in [0.3, 0.4) is 0 Å². The highest BCUT2D eigenvalue weighted by Gasteiger charge is 2.43. The first kappa shape index (κ1) is 16.8. The van der Waals surface area contributed by atoms with Crippen molar-refractivity contribution in [2.75, 3.05) is 13.7 Å². The molecular formula is C18H21ClO3. The van der Waals surface area contributed by atoms with Gasteiger partial charge in [0.05, 0.1) is 19.3 Å². The molecule has 118 valence electrons. The van der Waals surface area contributed by atoms with E-state index in [2.05, 4.69) is 19.9 Å². The van der Waals surface area contributed by atoms with Crippen molar-refractivity contribution in [3.63, 3.8) is 0 Å². The van der Waals surface area contributed by atoms with Crippen LogP contribution >= 0.6 is 11.6 Å². The number of aliphatic hydroxyl groups is 1. The molecule has 2 rings (SSSR count). The van der Waals surface area contributed by atoms with Gasteiger partial charge in [0.1, 0.15) is 0 Å². The Morgan fingerprint density at radius 1 is 1.50 bits per heavy atom. The van der Waals surface area contributed by atoms with Crippen LogP contribution in [-0.4, -0.2) is 24.8 Å². The predicted molar refractivity (Wildman–Crippen MR) is 89.5 cm³/mol. The normalized spacial score (nSPS) is 20.2. The Hall–Kier alpha value is -1.58. The number of carbonyl (C=O) groups is 1. The van der Waals surface area contributed by atoms with Gasteiger partial charge in [-0.05, 0) is 47.1 Å². The molecule has 1 fully saturated rings. The minimum Gasteiger partial charge on any atom is -0.465 e. The van der Waals surface area contributed by atoms with E-state index in [1.54, 1.807) is 12.1 Å². The SMILES string of the molecule is COC(=O)/C(=C/CO)c1ccc(Cl)cc1/C=C/C1CC1(C)C. The number of benzene rings is 1. The maximum Gasteiger partial charge on any atom is 0.338 e. The molecule has 0 amide bonds. The molecule has 0 spiro atoms. The molecule has 3 nitrogen and oxygen atoms in total. The summed E-state index contributed by atoms with van der Waals surface area (Å²) in [5.74, 6) is 0.0699. The zero-order valence-corrected chi connectivity index (χ0v) is 13.9. The number of hydrogen-bond donors (Lipinski definition) is 1. The van der Waals surface area contributed by atoms with E-state index in [0.29, 0.717) is 27.5 Å². The van der Waals surface area contributed by atoms with Crippen LogP contribution in [0.25, 0.3) is 11.6 Å². The van der Waals surface area contributed by atoms with Crippen LogP contribution in [0.1, 0.15) is 31.4 Å². The second-order valence-electron chi connectivity index (χ2n) is 6.18. The molecule has 0 bridgehead atoms. The highest BCUT2D eigenvalue weighted by molar-refractivity contribution is 6.31. The number of halogens is 1. The van der Waals surface area contributed by atoms with Crippen LogP contribution in [0.2, 0.25) is 5.02 Å². The van der Waals surface area contributed by atoms with Crippen molar-refractivity contribution < 1.29 is 14.6 Å². The highest BCUT2D eigenvalue weighted by Crippen LogP contribution is 2.52. The molecule has 1 aliphatic carbocycles. The Kier molecular flexibility index (Phi) is 5.09. The van der Waals surface area contributed by atoms with Gasteiger partial charge in [0.2, 0.25) is 0 Å². The van der Waals surface area contributed by atoms with E-state index in [0.717, 1.165) is 12.0 Å². The average molecular weight is 321 g/mol. The first-order valence-corrected chi connectivity index (χ1v) is 7.64. The Morgan fingerprint density at radius 3 is 2.73 bits per heavy atom. The van der Waals surface area contributed by atoms with Crippen LogP contribution in [0.15, 0.2) is 30.4 Å². The van der Waals surface area contributed by atoms with Crippen LogP contribution in [0, 0.1) is 11.3 Å².